The smallest absolute Gasteiger partial charge is 0.161 e. The number of benzene rings is 3. The van der Waals surface area contributed by atoms with Gasteiger partial charge in [0.25, 0.3) is 0 Å². The van der Waals surface area contributed by atoms with Gasteiger partial charge < -0.3 is 10.7 Å². The Morgan fingerprint density at radius 2 is 1.34 bits per heavy atom. The summed E-state index contributed by atoms with van der Waals surface area (Å²) in [7, 11) is 0. The molecule has 5 aromatic rings. The molecule has 2 N–H and O–H groups in total. The fourth-order valence-electron chi connectivity index (χ4n) is 4.29. The van der Waals surface area contributed by atoms with Crippen LogP contribution < -0.4 is 5.32 Å². The minimum Gasteiger partial charge on any atom is -0.325 e. The van der Waals surface area contributed by atoms with Crippen LogP contribution in [0.3, 0.4) is 0 Å². The van der Waals surface area contributed by atoms with Gasteiger partial charge in [-0.05, 0) is 36.8 Å². The van der Waals surface area contributed by atoms with E-state index in [2.05, 4.69) is 17.5 Å². The number of nitriles is 2. The summed E-state index contributed by atoms with van der Waals surface area (Å²) in [4.78, 5) is 0. The maximum Gasteiger partial charge on any atom is 0.161 e. The molecule has 0 bridgehead atoms. The Balaban J connectivity index is 1.46. The number of nitrogens with zero attached hydrogens (tertiary/aromatic N) is 6. The molecule has 3 aromatic carbocycles. The Morgan fingerprint density at radius 1 is 0.789 bits per heavy atom. The molecule has 0 fully saturated rings. The summed E-state index contributed by atoms with van der Waals surface area (Å²) >= 11 is 0. The fourth-order valence-corrected chi connectivity index (χ4v) is 4.29. The minimum atomic E-state index is 0.342. The van der Waals surface area contributed by atoms with E-state index >= 15 is 0 Å². The number of aryl methyl sites for hydroxylation is 1. The van der Waals surface area contributed by atoms with E-state index in [1.807, 2.05) is 67.6 Å². The van der Waals surface area contributed by atoms with Gasteiger partial charge in [-0.1, -0.05) is 54.1 Å². The molecule has 3 heterocycles. The highest BCUT2D eigenvalue weighted by Crippen LogP contribution is 2.33. The molecule has 0 unspecified atom stereocenters. The van der Waals surface area contributed by atoms with E-state index in [9.17, 15) is 0 Å². The molecule has 38 heavy (non-hydrogen) atoms. The number of anilines is 1. The van der Waals surface area contributed by atoms with Crippen LogP contribution in [0.4, 0.5) is 5.82 Å². The van der Waals surface area contributed by atoms with Gasteiger partial charge in [0, 0.05) is 29.3 Å². The van der Waals surface area contributed by atoms with Crippen LogP contribution in [-0.2, 0) is 0 Å². The number of rotatable bonds is 4. The molecular formula is C30H20N8. The molecule has 0 amide bonds. The van der Waals surface area contributed by atoms with Crippen LogP contribution in [0.15, 0.2) is 91.0 Å². The molecule has 0 saturated heterocycles. The van der Waals surface area contributed by atoms with E-state index in [-0.39, 0.29) is 0 Å². The molecule has 1 aliphatic heterocycles. The lowest BCUT2D eigenvalue weighted by atomic mass is 10.1. The summed E-state index contributed by atoms with van der Waals surface area (Å²) in [6, 6.07) is 30.5. The zero-order valence-electron chi connectivity index (χ0n) is 20.3. The number of nitrogens with one attached hydrogen (secondary N) is 2. The average molecular weight is 493 g/mol. The quantitative estimate of drug-likeness (QED) is 0.310. The van der Waals surface area contributed by atoms with Crippen molar-refractivity contribution in [3.05, 3.63) is 113 Å². The fraction of sp³-hybridized carbons (Fsp3) is 0.0333. The average Bonchev–Trinajstić information content (AvgIpc) is 3.59. The van der Waals surface area contributed by atoms with E-state index in [0.29, 0.717) is 34.2 Å². The van der Waals surface area contributed by atoms with Gasteiger partial charge in [0.2, 0.25) is 0 Å². The van der Waals surface area contributed by atoms with Crippen molar-refractivity contribution >= 4 is 17.4 Å². The van der Waals surface area contributed by atoms with Gasteiger partial charge in [0.1, 0.15) is 11.6 Å². The maximum absolute atomic E-state index is 9.16. The second-order valence-electron chi connectivity index (χ2n) is 8.94. The normalized spacial score (nSPS) is 12.7. The second-order valence-corrected chi connectivity index (χ2v) is 8.94. The van der Waals surface area contributed by atoms with Crippen LogP contribution in [-0.4, -0.2) is 25.3 Å². The first kappa shape index (κ1) is 22.7. The van der Waals surface area contributed by atoms with Gasteiger partial charge in [0.15, 0.2) is 5.82 Å². The summed E-state index contributed by atoms with van der Waals surface area (Å²) < 4.78 is 3.51. The van der Waals surface area contributed by atoms with Gasteiger partial charge in [-0.25, -0.2) is 0 Å². The number of aromatic nitrogens is 4. The van der Waals surface area contributed by atoms with Crippen molar-refractivity contribution in [1.82, 2.24) is 19.6 Å². The first-order chi connectivity index (χ1) is 18.5. The van der Waals surface area contributed by atoms with Crippen LogP contribution >= 0.6 is 0 Å². The predicted octanol–water partition coefficient (Wildman–Crippen LogP) is 5.75. The molecule has 6 rings (SSSR count). The molecule has 0 aliphatic carbocycles. The van der Waals surface area contributed by atoms with E-state index in [4.69, 9.17) is 26.1 Å². The number of allylic oxidation sites excluding steroid dienone is 1. The highest BCUT2D eigenvalue weighted by atomic mass is 15.5. The van der Waals surface area contributed by atoms with Gasteiger partial charge >= 0.3 is 0 Å². The first-order valence-electron chi connectivity index (χ1n) is 11.9. The number of hydrogen-bond acceptors (Lipinski definition) is 6. The monoisotopic (exact) mass is 492 g/mol. The summed E-state index contributed by atoms with van der Waals surface area (Å²) in [5.41, 5.74) is 6.61. The van der Waals surface area contributed by atoms with Crippen molar-refractivity contribution in [2.75, 3.05) is 5.32 Å². The van der Waals surface area contributed by atoms with E-state index < -0.39 is 0 Å². The minimum absolute atomic E-state index is 0.342. The van der Waals surface area contributed by atoms with Gasteiger partial charge in [-0.15, -0.1) is 0 Å². The van der Waals surface area contributed by atoms with Crippen molar-refractivity contribution in [2.24, 2.45) is 0 Å². The Morgan fingerprint density at radius 3 is 1.92 bits per heavy atom. The lowest BCUT2D eigenvalue weighted by Gasteiger charge is -2.20. The Bertz CT molecular complexity index is 1800. The highest BCUT2D eigenvalue weighted by molar-refractivity contribution is 6.10. The molecule has 8 nitrogen and oxygen atoms in total. The van der Waals surface area contributed by atoms with Crippen LogP contribution in [0.25, 0.3) is 34.2 Å². The van der Waals surface area contributed by atoms with Crippen molar-refractivity contribution in [3.63, 3.8) is 0 Å². The third-order valence-electron chi connectivity index (χ3n) is 6.36. The molecule has 0 radical (unpaired) electrons. The molecule has 8 heteroatoms. The standard InChI is InChI=1S/C30H20N8/c1-19-2-8-22(9-3-19)25(33)14-28-34-29-15-26(23-10-4-20(17-31)5-11-23)35-38(29)30-16-27(36-37(28)30)24-12-6-21(18-32)7-13-24/h2-16,33-34H,1H3/b28-14+,33-25?. The summed E-state index contributed by atoms with van der Waals surface area (Å²) in [5.74, 6) is 2.05. The zero-order valence-corrected chi connectivity index (χ0v) is 20.3. The zero-order chi connectivity index (χ0) is 26.2. The maximum atomic E-state index is 9.16. The second kappa shape index (κ2) is 9.05. The summed E-state index contributed by atoms with van der Waals surface area (Å²) in [6.07, 6.45) is 1.75. The number of fused-ring (bicyclic) bond motifs is 3. The van der Waals surface area contributed by atoms with Gasteiger partial charge in [-0.3, -0.25) is 0 Å². The Kier molecular flexibility index (Phi) is 5.41. The summed E-state index contributed by atoms with van der Waals surface area (Å²) in [6.45, 7) is 2.02. The highest BCUT2D eigenvalue weighted by Gasteiger charge is 2.25. The summed E-state index contributed by atoms with van der Waals surface area (Å²) in [5, 5.41) is 40.1. The molecule has 1 aliphatic rings. The Labute approximate surface area is 218 Å². The third kappa shape index (κ3) is 4.02. The predicted molar refractivity (Wildman–Crippen MR) is 146 cm³/mol. The number of hydrogen-bond donors (Lipinski definition) is 2. The van der Waals surface area contributed by atoms with Crippen molar-refractivity contribution in [1.29, 1.82) is 15.9 Å². The molecule has 2 aromatic heterocycles. The van der Waals surface area contributed by atoms with Crippen LogP contribution in [0.1, 0.15) is 22.3 Å². The van der Waals surface area contributed by atoms with Crippen molar-refractivity contribution in [2.45, 2.75) is 6.92 Å². The molecule has 180 valence electrons. The molecule has 0 saturated carbocycles. The van der Waals surface area contributed by atoms with E-state index in [1.165, 1.54) is 0 Å². The third-order valence-corrected chi connectivity index (χ3v) is 6.36. The van der Waals surface area contributed by atoms with Crippen molar-refractivity contribution < 1.29 is 0 Å². The van der Waals surface area contributed by atoms with Crippen molar-refractivity contribution in [3.8, 4) is 40.5 Å². The van der Waals surface area contributed by atoms with Crippen LogP contribution in [0, 0.1) is 35.0 Å². The van der Waals surface area contributed by atoms with Gasteiger partial charge in [-0.2, -0.15) is 30.1 Å². The van der Waals surface area contributed by atoms with E-state index in [1.54, 1.807) is 39.7 Å². The van der Waals surface area contributed by atoms with E-state index in [0.717, 1.165) is 33.8 Å². The van der Waals surface area contributed by atoms with Gasteiger partial charge in [0.05, 0.1) is 40.4 Å². The van der Waals surface area contributed by atoms with Crippen LogP contribution in [0.2, 0.25) is 0 Å². The lowest BCUT2D eigenvalue weighted by Crippen LogP contribution is -2.22. The van der Waals surface area contributed by atoms with Crippen LogP contribution in [0.5, 0.6) is 0 Å². The lowest BCUT2D eigenvalue weighted by molar-refractivity contribution is 0.758. The first-order valence-corrected chi connectivity index (χ1v) is 11.9. The SMILES string of the molecule is Cc1ccc(C(=N)/C=C2\Nc3cc(-c4ccc(C#N)cc4)nn3-c3cc(-c4ccc(C#N)cc4)nn32)cc1. The molecular weight excluding hydrogens is 472 g/mol. The largest absolute Gasteiger partial charge is 0.325 e. The molecule has 0 atom stereocenters. The topological polar surface area (TPSA) is 119 Å². The molecule has 0 spiro atoms. The Hall–Kier alpha value is -5.73.